The van der Waals surface area contributed by atoms with Crippen LogP contribution in [0, 0.1) is 0 Å². The summed E-state index contributed by atoms with van der Waals surface area (Å²) < 4.78 is 0. The molecule has 0 fully saturated rings. The Hall–Kier alpha value is -3.60. The molecule has 4 aromatic rings. The summed E-state index contributed by atoms with van der Waals surface area (Å²) in [6.45, 7) is 1.59. The lowest BCUT2D eigenvalue weighted by Crippen LogP contribution is -2.40. The fourth-order valence-electron chi connectivity index (χ4n) is 4.08. The Bertz CT molecular complexity index is 935. The average molecular weight is 368 g/mol. The van der Waals surface area contributed by atoms with Gasteiger partial charge < -0.3 is 0 Å². The lowest BCUT2D eigenvalue weighted by molar-refractivity contribution is -0.119. The van der Waals surface area contributed by atoms with E-state index in [-0.39, 0.29) is 5.78 Å². The van der Waals surface area contributed by atoms with E-state index >= 15 is 0 Å². The quantitative estimate of drug-likeness (QED) is 0.524. The highest BCUT2D eigenvalue weighted by Crippen LogP contribution is 2.49. The lowest BCUT2D eigenvalue weighted by Gasteiger charge is -2.40. The molecule has 0 aliphatic heterocycles. The first kappa shape index (κ1) is 17.8. The molecular formula is C23H20N4O. The molecule has 28 heavy (non-hydrogen) atoms. The van der Waals surface area contributed by atoms with Crippen LogP contribution in [-0.4, -0.2) is 26.4 Å². The van der Waals surface area contributed by atoms with Crippen LogP contribution in [0.25, 0.3) is 0 Å². The second-order valence-corrected chi connectivity index (χ2v) is 6.72. The molecule has 1 unspecified atom stereocenters. The number of rotatable bonds is 6. The molecule has 0 saturated carbocycles. The molecule has 5 nitrogen and oxygen atoms in total. The van der Waals surface area contributed by atoms with Crippen molar-refractivity contribution < 1.29 is 4.79 Å². The van der Waals surface area contributed by atoms with E-state index in [1.165, 1.54) is 0 Å². The van der Waals surface area contributed by atoms with Crippen LogP contribution in [0.3, 0.4) is 0 Å². The number of carbonyl (C=O) groups is 1. The summed E-state index contributed by atoms with van der Waals surface area (Å²) in [6, 6.07) is 30.2. The van der Waals surface area contributed by atoms with Crippen molar-refractivity contribution in [1.29, 1.82) is 0 Å². The van der Waals surface area contributed by atoms with E-state index < -0.39 is 11.3 Å². The van der Waals surface area contributed by atoms with E-state index in [2.05, 4.69) is 57.0 Å². The van der Waals surface area contributed by atoms with Gasteiger partial charge in [-0.2, -0.15) is 5.21 Å². The Morgan fingerprint density at radius 3 is 1.54 bits per heavy atom. The molecule has 0 aliphatic carbocycles. The van der Waals surface area contributed by atoms with Crippen molar-refractivity contribution in [3.05, 3.63) is 114 Å². The third kappa shape index (κ3) is 2.91. The Labute approximate surface area is 163 Å². The summed E-state index contributed by atoms with van der Waals surface area (Å²) in [5.74, 6) is -0.291. The maximum Gasteiger partial charge on any atom is 0.186 e. The standard InChI is InChI=1S/C23H20N4O/c1-17(28)21(22-24-26-27-25-22)23(18-11-5-2-6-12-18,19-13-7-3-8-14-19)20-15-9-4-10-16-20/h2-16,21H,1H3,(H,24,25,26,27). The van der Waals surface area contributed by atoms with Crippen LogP contribution in [0.15, 0.2) is 91.0 Å². The Morgan fingerprint density at radius 2 is 1.21 bits per heavy atom. The van der Waals surface area contributed by atoms with E-state index in [9.17, 15) is 4.79 Å². The number of H-pyrrole nitrogens is 1. The van der Waals surface area contributed by atoms with Crippen molar-refractivity contribution in [2.45, 2.75) is 18.3 Å². The molecule has 4 rings (SSSR count). The Balaban J connectivity index is 2.14. The van der Waals surface area contributed by atoms with Gasteiger partial charge in [-0.05, 0) is 23.6 Å². The van der Waals surface area contributed by atoms with Crippen LogP contribution in [0.2, 0.25) is 0 Å². The monoisotopic (exact) mass is 368 g/mol. The molecule has 0 saturated heterocycles. The second kappa shape index (κ2) is 7.56. The van der Waals surface area contributed by atoms with Gasteiger partial charge in [0.2, 0.25) is 0 Å². The summed E-state index contributed by atoms with van der Waals surface area (Å²) in [4.78, 5) is 13.1. The number of Topliss-reactive ketones (excluding diaryl/α,β-unsaturated/α-hetero) is 1. The summed E-state index contributed by atoms with van der Waals surface area (Å²) in [5.41, 5.74) is 2.20. The van der Waals surface area contributed by atoms with Gasteiger partial charge in [0.25, 0.3) is 0 Å². The topological polar surface area (TPSA) is 71.5 Å². The van der Waals surface area contributed by atoms with Crippen LogP contribution < -0.4 is 0 Å². The molecule has 0 radical (unpaired) electrons. The Kier molecular flexibility index (Phi) is 4.81. The number of nitrogens with one attached hydrogen (secondary N) is 1. The smallest absolute Gasteiger partial charge is 0.186 e. The minimum Gasteiger partial charge on any atom is -0.299 e. The molecule has 1 N–H and O–H groups in total. The zero-order chi connectivity index (χ0) is 19.4. The molecule has 3 aromatic carbocycles. The van der Waals surface area contributed by atoms with Gasteiger partial charge >= 0.3 is 0 Å². The number of aromatic amines is 1. The van der Waals surface area contributed by atoms with Crippen LogP contribution in [0.4, 0.5) is 0 Å². The highest BCUT2D eigenvalue weighted by atomic mass is 16.1. The number of hydrogen-bond acceptors (Lipinski definition) is 4. The van der Waals surface area contributed by atoms with E-state index in [0.29, 0.717) is 5.82 Å². The third-order valence-electron chi connectivity index (χ3n) is 5.15. The fraction of sp³-hybridized carbons (Fsp3) is 0.130. The summed E-state index contributed by atoms with van der Waals surface area (Å²) in [5, 5.41) is 14.7. The number of aromatic nitrogens is 4. The number of carbonyl (C=O) groups excluding carboxylic acids is 1. The molecule has 0 bridgehead atoms. The second-order valence-electron chi connectivity index (χ2n) is 6.72. The fourth-order valence-corrected chi connectivity index (χ4v) is 4.08. The van der Waals surface area contributed by atoms with E-state index in [1.807, 2.05) is 54.6 Å². The first-order valence-electron chi connectivity index (χ1n) is 9.15. The van der Waals surface area contributed by atoms with E-state index in [4.69, 9.17) is 0 Å². The van der Waals surface area contributed by atoms with Gasteiger partial charge in [-0.1, -0.05) is 96.2 Å². The van der Waals surface area contributed by atoms with Gasteiger partial charge in [0, 0.05) is 0 Å². The van der Waals surface area contributed by atoms with E-state index in [1.54, 1.807) is 6.92 Å². The van der Waals surface area contributed by atoms with Gasteiger partial charge in [-0.25, -0.2) is 0 Å². The van der Waals surface area contributed by atoms with Gasteiger partial charge in [0.05, 0.1) is 11.3 Å². The normalized spacial score (nSPS) is 12.5. The molecule has 0 amide bonds. The maximum absolute atomic E-state index is 13.1. The zero-order valence-electron chi connectivity index (χ0n) is 15.5. The number of ketones is 1. The first-order chi connectivity index (χ1) is 13.7. The molecule has 5 heteroatoms. The van der Waals surface area contributed by atoms with Gasteiger partial charge in [0.15, 0.2) is 5.82 Å². The van der Waals surface area contributed by atoms with Crippen LogP contribution in [0.5, 0.6) is 0 Å². The number of nitrogens with zero attached hydrogens (tertiary/aromatic N) is 3. The zero-order valence-corrected chi connectivity index (χ0v) is 15.5. The SMILES string of the molecule is CC(=O)C(c1nn[nH]n1)C(c1ccccc1)(c1ccccc1)c1ccccc1. The molecule has 0 aliphatic rings. The van der Waals surface area contributed by atoms with Crippen LogP contribution >= 0.6 is 0 Å². The minimum atomic E-state index is -0.792. The molecule has 1 aromatic heterocycles. The summed E-state index contributed by atoms with van der Waals surface area (Å²) in [7, 11) is 0. The van der Waals surface area contributed by atoms with E-state index in [0.717, 1.165) is 16.7 Å². The summed E-state index contributed by atoms with van der Waals surface area (Å²) >= 11 is 0. The number of benzene rings is 3. The van der Waals surface area contributed by atoms with Crippen molar-refractivity contribution in [3.63, 3.8) is 0 Å². The highest BCUT2D eigenvalue weighted by Gasteiger charge is 2.48. The lowest BCUT2D eigenvalue weighted by atomic mass is 9.60. The van der Waals surface area contributed by atoms with Gasteiger partial charge in [-0.3, -0.25) is 4.79 Å². The molecular weight excluding hydrogens is 348 g/mol. The maximum atomic E-state index is 13.1. The number of hydrogen-bond donors (Lipinski definition) is 1. The molecule has 1 atom stereocenters. The van der Waals surface area contributed by atoms with Crippen LogP contribution in [-0.2, 0) is 10.2 Å². The van der Waals surface area contributed by atoms with Gasteiger partial charge in [-0.15, -0.1) is 10.2 Å². The molecule has 138 valence electrons. The van der Waals surface area contributed by atoms with Crippen molar-refractivity contribution in [3.8, 4) is 0 Å². The summed E-state index contributed by atoms with van der Waals surface area (Å²) in [6.07, 6.45) is 0. The van der Waals surface area contributed by atoms with Gasteiger partial charge in [0.1, 0.15) is 5.78 Å². The average Bonchev–Trinajstić information content (AvgIpc) is 3.27. The molecule has 0 spiro atoms. The predicted molar refractivity (Wildman–Crippen MR) is 107 cm³/mol. The Morgan fingerprint density at radius 1 is 0.786 bits per heavy atom. The minimum absolute atomic E-state index is 0.0297. The predicted octanol–water partition coefficient (Wildman–Crippen LogP) is 3.91. The third-order valence-corrected chi connectivity index (χ3v) is 5.15. The number of tetrazole rings is 1. The van der Waals surface area contributed by atoms with Crippen LogP contribution in [0.1, 0.15) is 35.4 Å². The first-order valence-corrected chi connectivity index (χ1v) is 9.15. The van der Waals surface area contributed by atoms with Crippen molar-refractivity contribution in [2.24, 2.45) is 0 Å². The van der Waals surface area contributed by atoms with Crippen molar-refractivity contribution in [2.75, 3.05) is 0 Å². The highest BCUT2D eigenvalue weighted by molar-refractivity contribution is 5.87. The van der Waals surface area contributed by atoms with Crippen molar-refractivity contribution in [1.82, 2.24) is 20.6 Å². The largest absolute Gasteiger partial charge is 0.299 e. The van der Waals surface area contributed by atoms with Crippen molar-refractivity contribution >= 4 is 5.78 Å². The molecule has 1 heterocycles.